The molecule has 0 bridgehead atoms. The quantitative estimate of drug-likeness (QED) is 0.702. The fourth-order valence-electron chi connectivity index (χ4n) is 1.96. The number of hydrogen-bond donors (Lipinski definition) is 2. The van der Waals surface area contributed by atoms with Gasteiger partial charge in [0.05, 0.1) is 24.9 Å². The Morgan fingerprint density at radius 3 is 2.29 bits per heavy atom. The van der Waals surface area contributed by atoms with E-state index in [0.717, 1.165) is 6.42 Å². The van der Waals surface area contributed by atoms with Crippen molar-refractivity contribution in [2.45, 2.75) is 25.2 Å². The highest BCUT2D eigenvalue weighted by Crippen LogP contribution is 2.29. The van der Waals surface area contributed by atoms with Gasteiger partial charge in [-0.05, 0) is 24.5 Å². The van der Waals surface area contributed by atoms with Gasteiger partial charge in [0.15, 0.2) is 21.3 Å². The molecule has 8 heteroatoms. The zero-order valence-electron chi connectivity index (χ0n) is 14.6. The van der Waals surface area contributed by atoms with Gasteiger partial charge < -0.3 is 20.1 Å². The molecule has 0 aliphatic carbocycles. The topological polar surface area (TPSA) is 93.7 Å². The Hall–Kier alpha value is -1.96. The fraction of sp³-hybridized carbons (Fsp3) is 0.562. The second-order valence-corrected chi connectivity index (χ2v) is 7.81. The number of rotatable bonds is 9. The Morgan fingerprint density at radius 2 is 1.71 bits per heavy atom. The van der Waals surface area contributed by atoms with Crippen LogP contribution in [0.3, 0.4) is 0 Å². The SMILES string of the molecule is COc1ccc(S(=O)(=O)CCNC(=O)NCCC(C)C)cc1OC. The van der Waals surface area contributed by atoms with Crippen molar-refractivity contribution in [1.82, 2.24) is 10.6 Å². The normalized spacial score (nSPS) is 11.2. The van der Waals surface area contributed by atoms with Crippen LogP contribution in [0.1, 0.15) is 20.3 Å². The minimum Gasteiger partial charge on any atom is -0.493 e. The summed E-state index contributed by atoms with van der Waals surface area (Å²) in [4.78, 5) is 11.7. The molecule has 0 radical (unpaired) electrons. The van der Waals surface area contributed by atoms with Gasteiger partial charge in [-0.1, -0.05) is 13.8 Å². The number of methoxy groups -OCH3 is 2. The molecule has 1 aromatic rings. The van der Waals surface area contributed by atoms with Gasteiger partial charge in [0.25, 0.3) is 0 Å². The molecule has 1 rings (SSSR count). The molecule has 0 aromatic heterocycles. The summed E-state index contributed by atoms with van der Waals surface area (Å²) in [6, 6.07) is 4.05. The van der Waals surface area contributed by atoms with Crippen LogP contribution in [0.5, 0.6) is 11.5 Å². The zero-order chi connectivity index (χ0) is 18.2. The summed E-state index contributed by atoms with van der Waals surface area (Å²) in [6.45, 7) is 4.72. The van der Waals surface area contributed by atoms with Crippen LogP contribution in [-0.2, 0) is 9.84 Å². The van der Waals surface area contributed by atoms with Crippen molar-refractivity contribution in [3.8, 4) is 11.5 Å². The summed E-state index contributed by atoms with van der Waals surface area (Å²) in [7, 11) is -0.604. The van der Waals surface area contributed by atoms with E-state index in [-0.39, 0.29) is 23.2 Å². The number of benzene rings is 1. The summed E-state index contributed by atoms with van der Waals surface area (Å²) >= 11 is 0. The van der Waals surface area contributed by atoms with Crippen LogP contribution in [0.15, 0.2) is 23.1 Å². The Bertz CT molecular complexity index is 644. The fourth-order valence-corrected chi connectivity index (χ4v) is 3.13. The van der Waals surface area contributed by atoms with Crippen molar-refractivity contribution in [1.29, 1.82) is 0 Å². The second-order valence-electron chi connectivity index (χ2n) is 5.70. The molecule has 0 saturated carbocycles. The molecule has 0 unspecified atom stereocenters. The number of sulfone groups is 1. The third-order valence-electron chi connectivity index (χ3n) is 3.38. The van der Waals surface area contributed by atoms with Crippen LogP contribution in [0.4, 0.5) is 4.79 Å². The summed E-state index contributed by atoms with van der Waals surface area (Å²) in [5.41, 5.74) is 0. The molecule has 2 N–H and O–H groups in total. The van der Waals surface area contributed by atoms with Gasteiger partial charge in [-0.25, -0.2) is 13.2 Å². The minimum atomic E-state index is -3.53. The highest BCUT2D eigenvalue weighted by molar-refractivity contribution is 7.91. The molecule has 0 spiro atoms. The average Bonchev–Trinajstić information content (AvgIpc) is 2.53. The first kappa shape index (κ1) is 20.1. The average molecular weight is 358 g/mol. The molecular weight excluding hydrogens is 332 g/mol. The standard InChI is InChI=1S/C16H26N2O5S/c1-12(2)7-8-17-16(19)18-9-10-24(20,21)13-5-6-14(22-3)15(11-13)23-4/h5-6,11-12H,7-10H2,1-4H3,(H2,17,18,19). The predicted molar refractivity (Wildman–Crippen MR) is 92.5 cm³/mol. The largest absolute Gasteiger partial charge is 0.493 e. The number of ether oxygens (including phenoxy) is 2. The summed E-state index contributed by atoms with van der Waals surface area (Å²) < 4.78 is 34.8. The van der Waals surface area contributed by atoms with Crippen LogP contribution < -0.4 is 20.1 Å². The van der Waals surface area contributed by atoms with E-state index < -0.39 is 9.84 Å². The first-order valence-electron chi connectivity index (χ1n) is 7.76. The van der Waals surface area contributed by atoms with Crippen molar-refractivity contribution < 1.29 is 22.7 Å². The molecule has 0 aliphatic rings. The van der Waals surface area contributed by atoms with Crippen molar-refractivity contribution in [3.63, 3.8) is 0 Å². The van der Waals surface area contributed by atoms with Gasteiger partial charge in [-0.15, -0.1) is 0 Å². The lowest BCUT2D eigenvalue weighted by atomic mass is 10.1. The highest BCUT2D eigenvalue weighted by atomic mass is 32.2. The smallest absolute Gasteiger partial charge is 0.314 e. The van der Waals surface area contributed by atoms with Crippen molar-refractivity contribution in [2.24, 2.45) is 5.92 Å². The number of amides is 2. The lowest BCUT2D eigenvalue weighted by Gasteiger charge is -2.11. The monoisotopic (exact) mass is 358 g/mol. The van der Waals surface area contributed by atoms with Crippen LogP contribution in [-0.4, -0.2) is 47.5 Å². The molecule has 0 fully saturated rings. The lowest BCUT2D eigenvalue weighted by Crippen LogP contribution is -2.38. The van der Waals surface area contributed by atoms with E-state index in [1.165, 1.54) is 32.4 Å². The van der Waals surface area contributed by atoms with E-state index in [0.29, 0.717) is 24.0 Å². The maximum atomic E-state index is 12.3. The number of nitrogens with one attached hydrogen (secondary N) is 2. The van der Waals surface area contributed by atoms with Crippen molar-refractivity contribution >= 4 is 15.9 Å². The number of carbonyl (C=O) groups is 1. The van der Waals surface area contributed by atoms with E-state index in [4.69, 9.17) is 9.47 Å². The van der Waals surface area contributed by atoms with Crippen LogP contribution >= 0.6 is 0 Å². The first-order valence-corrected chi connectivity index (χ1v) is 9.42. The Morgan fingerprint density at radius 1 is 1.08 bits per heavy atom. The molecule has 2 amide bonds. The second kappa shape index (κ2) is 9.36. The third-order valence-corrected chi connectivity index (χ3v) is 5.09. The molecule has 136 valence electrons. The van der Waals surface area contributed by atoms with E-state index in [1.54, 1.807) is 0 Å². The Labute approximate surface area is 143 Å². The molecule has 24 heavy (non-hydrogen) atoms. The van der Waals surface area contributed by atoms with Crippen molar-refractivity contribution in [2.75, 3.05) is 33.1 Å². The van der Waals surface area contributed by atoms with E-state index >= 15 is 0 Å². The lowest BCUT2D eigenvalue weighted by molar-refractivity contribution is 0.241. The molecule has 0 saturated heterocycles. The third kappa shape index (κ3) is 6.27. The Kier molecular flexibility index (Phi) is 7.84. The molecule has 0 heterocycles. The number of hydrogen-bond acceptors (Lipinski definition) is 5. The highest BCUT2D eigenvalue weighted by Gasteiger charge is 2.17. The first-order chi connectivity index (χ1) is 11.3. The van der Waals surface area contributed by atoms with Gasteiger partial charge in [-0.3, -0.25) is 0 Å². The predicted octanol–water partition coefficient (Wildman–Crippen LogP) is 1.82. The van der Waals surface area contributed by atoms with E-state index in [2.05, 4.69) is 24.5 Å². The number of carbonyl (C=O) groups excluding carboxylic acids is 1. The van der Waals surface area contributed by atoms with Gasteiger partial charge in [-0.2, -0.15) is 0 Å². The van der Waals surface area contributed by atoms with Gasteiger partial charge in [0.1, 0.15) is 0 Å². The summed E-state index contributed by atoms with van der Waals surface area (Å²) in [5, 5.41) is 5.24. The summed E-state index contributed by atoms with van der Waals surface area (Å²) in [5.74, 6) is 1.10. The van der Waals surface area contributed by atoms with Gasteiger partial charge in [0.2, 0.25) is 0 Å². The van der Waals surface area contributed by atoms with Gasteiger partial charge in [0, 0.05) is 19.2 Å². The molecule has 0 atom stereocenters. The molecule has 0 aliphatic heterocycles. The van der Waals surface area contributed by atoms with Gasteiger partial charge >= 0.3 is 6.03 Å². The number of urea groups is 1. The Balaban J connectivity index is 2.56. The van der Waals surface area contributed by atoms with Crippen molar-refractivity contribution in [3.05, 3.63) is 18.2 Å². The van der Waals surface area contributed by atoms with Crippen LogP contribution in [0, 0.1) is 5.92 Å². The zero-order valence-corrected chi connectivity index (χ0v) is 15.4. The molecule has 7 nitrogen and oxygen atoms in total. The maximum Gasteiger partial charge on any atom is 0.314 e. The maximum absolute atomic E-state index is 12.3. The minimum absolute atomic E-state index is 0.0319. The van der Waals surface area contributed by atoms with Crippen LogP contribution in [0.25, 0.3) is 0 Å². The summed E-state index contributed by atoms with van der Waals surface area (Å²) in [6.07, 6.45) is 0.872. The van der Waals surface area contributed by atoms with Crippen LogP contribution in [0.2, 0.25) is 0 Å². The van der Waals surface area contributed by atoms with E-state index in [1.807, 2.05) is 0 Å². The van der Waals surface area contributed by atoms with E-state index in [9.17, 15) is 13.2 Å². The molecule has 1 aromatic carbocycles. The molecular formula is C16H26N2O5S.